The molecule has 2 aliphatic rings. The van der Waals surface area contributed by atoms with Gasteiger partial charge in [-0.3, -0.25) is 9.59 Å². The van der Waals surface area contributed by atoms with Crippen molar-refractivity contribution < 1.29 is 14.3 Å². The number of carbonyl (C=O) groups is 2. The van der Waals surface area contributed by atoms with Gasteiger partial charge in [-0.05, 0) is 67.6 Å². The van der Waals surface area contributed by atoms with E-state index < -0.39 is 0 Å². The summed E-state index contributed by atoms with van der Waals surface area (Å²) in [6.45, 7) is 0.753. The van der Waals surface area contributed by atoms with Crippen molar-refractivity contribution in [1.29, 1.82) is 5.26 Å². The molecular formula is C29H27N3O3. The summed E-state index contributed by atoms with van der Waals surface area (Å²) in [5.74, 6) is 0.514. The summed E-state index contributed by atoms with van der Waals surface area (Å²) < 4.78 is 5.91. The number of ether oxygens (including phenoxy) is 1. The molecule has 3 aromatic carbocycles. The summed E-state index contributed by atoms with van der Waals surface area (Å²) in [5, 5.41) is 12.3. The largest absolute Gasteiger partial charge is 0.489 e. The van der Waals surface area contributed by atoms with Gasteiger partial charge in [0.1, 0.15) is 12.4 Å². The number of nitrogens with one attached hydrogen (secondary N) is 1. The first kappa shape index (κ1) is 22.7. The van der Waals surface area contributed by atoms with Gasteiger partial charge in [-0.1, -0.05) is 36.4 Å². The van der Waals surface area contributed by atoms with Gasteiger partial charge in [0.05, 0.1) is 11.6 Å². The lowest BCUT2D eigenvalue weighted by molar-refractivity contribution is 0.0729. The summed E-state index contributed by atoms with van der Waals surface area (Å²) in [6, 6.07) is 24.8. The molecule has 0 spiro atoms. The second-order valence-corrected chi connectivity index (χ2v) is 9.19. The molecule has 2 saturated carbocycles. The minimum absolute atomic E-state index is 0.0362. The van der Waals surface area contributed by atoms with Crippen LogP contribution >= 0.6 is 0 Å². The van der Waals surface area contributed by atoms with Crippen LogP contribution in [0.25, 0.3) is 0 Å². The molecule has 0 radical (unpaired) electrons. The highest BCUT2D eigenvalue weighted by Gasteiger charge is 2.33. The van der Waals surface area contributed by atoms with Crippen LogP contribution in [0.2, 0.25) is 0 Å². The maximum Gasteiger partial charge on any atom is 0.254 e. The van der Waals surface area contributed by atoms with Crippen LogP contribution in [0.5, 0.6) is 5.75 Å². The molecule has 0 unspecified atom stereocenters. The molecule has 2 aliphatic carbocycles. The molecule has 5 rings (SSSR count). The van der Waals surface area contributed by atoms with E-state index in [9.17, 15) is 14.9 Å². The highest BCUT2D eigenvalue weighted by atomic mass is 16.5. The van der Waals surface area contributed by atoms with Crippen molar-refractivity contribution in [3.05, 3.63) is 101 Å². The lowest BCUT2D eigenvalue weighted by atomic mass is 10.1. The molecule has 6 heteroatoms. The summed E-state index contributed by atoms with van der Waals surface area (Å²) in [6.07, 6.45) is 4.10. The molecule has 0 atom stereocenters. The molecule has 6 nitrogen and oxygen atoms in total. The third-order valence-electron chi connectivity index (χ3n) is 6.34. The van der Waals surface area contributed by atoms with Crippen LogP contribution in [0.15, 0.2) is 72.8 Å². The van der Waals surface area contributed by atoms with Crippen LogP contribution in [0.4, 0.5) is 0 Å². The Balaban J connectivity index is 1.25. The Morgan fingerprint density at radius 2 is 1.71 bits per heavy atom. The molecular weight excluding hydrogens is 438 g/mol. The third kappa shape index (κ3) is 5.70. The Labute approximate surface area is 205 Å². The van der Waals surface area contributed by atoms with Crippen molar-refractivity contribution in [1.82, 2.24) is 10.2 Å². The first-order chi connectivity index (χ1) is 17.1. The fraction of sp³-hybridized carbons (Fsp3) is 0.276. The van der Waals surface area contributed by atoms with E-state index >= 15 is 0 Å². The summed E-state index contributed by atoms with van der Waals surface area (Å²) >= 11 is 0. The zero-order valence-electron chi connectivity index (χ0n) is 19.4. The van der Waals surface area contributed by atoms with Crippen LogP contribution in [-0.4, -0.2) is 28.8 Å². The topological polar surface area (TPSA) is 82.4 Å². The maximum absolute atomic E-state index is 13.4. The third-order valence-corrected chi connectivity index (χ3v) is 6.34. The zero-order valence-corrected chi connectivity index (χ0v) is 19.4. The number of benzene rings is 3. The lowest BCUT2D eigenvalue weighted by Gasteiger charge is -2.23. The summed E-state index contributed by atoms with van der Waals surface area (Å²) in [7, 11) is 0. The Morgan fingerprint density at radius 1 is 0.943 bits per heavy atom. The summed E-state index contributed by atoms with van der Waals surface area (Å²) in [4.78, 5) is 27.6. The number of amides is 2. The first-order valence-electron chi connectivity index (χ1n) is 12.0. The van der Waals surface area contributed by atoms with Gasteiger partial charge in [0.15, 0.2) is 0 Å². The lowest BCUT2D eigenvalue weighted by Crippen LogP contribution is -2.32. The molecule has 1 N–H and O–H groups in total. The minimum Gasteiger partial charge on any atom is -0.489 e. The van der Waals surface area contributed by atoms with Gasteiger partial charge in [-0.15, -0.1) is 0 Å². The average Bonchev–Trinajstić information content (AvgIpc) is 3.82. The molecule has 2 fully saturated rings. The highest BCUT2D eigenvalue weighted by Crippen LogP contribution is 2.30. The van der Waals surface area contributed by atoms with Crippen molar-refractivity contribution in [3.63, 3.8) is 0 Å². The number of nitriles is 1. The maximum atomic E-state index is 13.4. The predicted octanol–water partition coefficient (Wildman–Crippen LogP) is 4.83. The number of nitrogens with zero attached hydrogens (tertiary/aromatic N) is 2. The van der Waals surface area contributed by atoms with E-state index in [1.165, 1.54) is 0 Å². The molecule has 0 aromatic heterocycles. The fourth-order valence-corrected chi connectivity index (χ4v) is 4.01. The average molecular weight is 466 g/mol. The van der Waals surface area contributed by atoms with Gasteiger partial charge in [0.2, 0.25) is 0 Å². The monoisotopic (exact) mass is 465 g/mol. The SMILES string of the molecule is N#Cc1ccccc1COc1cccc(C(=O)N(Cc2ccc(C(=O)NC3CC3)cc2)C2CC2)c1. The predicted molar refractivity (Wildman–Crippen MR) is 132 cm³/mol. The van der Waals surface area contributed by atoms with Crippen LogP contribution in [0, 0.1) is 11.3 Å². The summed E-state index contributed by atoms with van der Waals surface area (Å²) in [5.41, 5.74) is 3.60. The van der Waals surface area contributed by atoms with E-state index in [0.29, 0.717) is 35.0 Å². The normalized spacial score (nSPS) is 14.6. The Bertz CT molecular complexity index is 1270. The molecule has 0 heterocycles. The smallest absolute Gasteiger partial charge is 0.254 e. The second kappa shape index (κ2) is 10.0. The molecule has 176 valence electrons. The molecule has 3 aromatic rings. The fourth-order valence-electron chi connectivity index (χ4n) is 4.01. The van der Waals surface area contributed by atoms with Gasteiger partial charge < -0.3 is 15.0 Å². The molecule has 0 aliphatic heterocycles. The highest BCUT2D eigenvalue weighted by molar-refractivity contribution is 5.95. The quantitative estimate of drug-likeness (QED) is 0.491. The van der Waals surface area contributed by atoms with Crippen molar-refractivity contribution in [3.8, 4) is 11.8 Å². The van der Waals surface area contributed by atoms with Gasteiger partial charge in [-0.2, -0.15) is 5.26 Å². The zero-order chi connectivity index (χ0) is 24.2. The standard InChI is InChI=1S/C29H27N3O3/c30-17-23-4-1-2-5-24(23)19-35-27-7-3-6-22(16-27)29(34)32(26-14-15-26)18-20-8-10-21(11-9-20)28(33)31-25-12-13-25/h1-11,16,25-26H,12-15,18-19H2,(H,31,33). The number of carbonyl (C=O) groups excluding carboxylic acids is 2. The number of hydrogen-bond donors (Lipinski definition) is 1. The first-order valence-corrected chi connectivity index (χ1v) is 12.0. The Kier molecular flexibility index (Phi) is 6.49. The van der Waals surface area contributed by atoms with E-state index in [-0.39, 0.29) is 24.5 Å². The van der Waals surface area contributed by atoms with Crippen molar-refractivity contribution in [2.75, 3.05) is 0 Å². The van der Waals surface area contributed by atoms with E-state index in [4.69, 9.17) is 4.74 Å². The Hall–Kier alpha value is -4.11. The Morgan fingerprint density at radius 3 is 2.43 bits per heavy atom. The van der Waals surface area contributed by atoms with E-state index in [0.717, 1.165) is 36.8 Å². The number of hydrogen-bond acceptors (Lipinski definition) is 4. The molecule has 35 heavy (non-hydrogen) atoms. The van der Waals surface area contributed by atoms with E-state index in [2.05, 4.69) is 11.4 Å². The van der Waals surface area contributed by atoms with Crippen LogP contribution in [-0.2, 0) is 13.2 Å². The van der Waals surface area contributed by atoms with E-state index in [1.54, 1.807) is 18.2 Å². The molecule has 2 amide bonds. The van der Waals surface area contributed by atoms with Crippen molar-refractivity contribution >= 4 is 11.8 Å². The van der Waals surface area contributed by atoms with Gasteiger partial charge in [0, 0.05) is 35.3 Å². The van der Waals surface area contributed by atoms with E-state index in [1.807, 2.05) is 59.5 Å². The molecule has 0 saturated heterocycles. The van der Waals surface area contributed by atoms with Crippen molar-refractivity contribution in [2.24, 2.45) is 0 Å². The van der Waals surface area contributed by atoms with Crippen molar-refractivity contribution in [2.45, 2.75) is 50.9 Å². The van der Waals surface area contributed by atoms with Crippen LogP contribution in [0.3, 0.4) is 0 Å². The molecule has 0 bridgehead atoms. The van der Waals surface area contributed by atoms with Crippen LogP contribution < -0.4 is 10.1 Å². The van der Waals surface area contributed by atoms with Gasteiger partial charge >= 0.3 is 0 Å². The second-order valence-electron chi connectivity index (χ2n) is 9.19. The van der Waals surface area contributed by atoms with Gasteiger partial charge in [0.25, 0.3) is 11.8 Å². The number of rotatable bonds is 9. The van der Waals surface area contributed by atoms with Crippen LogP contribution in [0.1, 0.15) is 63.1 Å². The minimum atomic E-state index is -0.0385. The van der Waals surface area contributed by atoms with Gasteiger partial charge in [-0.25, -0.2) is 0 Å².